The molecule has 0 radical (unpaired) electrons. The Morgan fingerprint density at radius 3 is 2.59 bits per heavy atom. The van der Waals surface area contributed by atoms with Crippen LogP contribution >= 0.6 is 39.1 Å². The number of hydrogen-bond donors (Lipinski definition) is 1. The molecule has 0 atom stereocenters. The maximum Gasteiger partial charge on any atom is 0.259 e. The molecule has 3 nitrogen and oxygen atoms in total. The van der Waals surface area contributed by atoms with E-state index in [9.17, 15) is 4.79 Å². The first-order valence-corrected chi connectivity index (χ1v) is 8.14. The average molecular weight is 403 g/mol. The number of amides is 1. The number of halogens is 3. The summed E-state index contributed by atoms with van der Waals surface area (Å²) in [6.07, 6.45) is -0.0394. The number of hydrogen-bond acceptors (Lipinski definition) is 2. The second-order valence-electron chi connectivity index (χ2n) is 4.89. The molecule has 0 unspecified atom stereocenters. The Hall–Kier alpha value is -1.23. The van der Waals surface area contributed by atoms with Gasteiger partial charge in [0, 0.05) is 9.50 Å². The second kappa shape index (κ2) is 7.36. The van der Waals surface area contributed by atoms with Crippen molar-refractivity contribution in [2.45, 2.75) is 20.0 Å². The summed E-state index contributed by atoms with van der Waals surface area (Å²) in [6.45, 7) is 3.80. The van der Waals surface area contributed by atoms with E-state index in [0.717, 1.165) is 4.47 Å². The second-order valence-corrected chi connectivity index (χ2v) is 6.64. The number of rotatable bonds is 4. The van der Waals surface area contributed by atoms with Crippen molar-refractivity contribution < 1.29 is 9.53 Å². The van der Waals surface area contributed by atoms with Gasteiger partial charge in [0.1, 0.15) is 5.75 Å². The van der Waals surface area contributed by atoms with Crippen molar-refractivity contribution in [2.75, 3.05) is 5.32 Å². The van der Waals surface area contributed by atoms with Gasteiger partial charge >= 0.3 is 0 Å². The highest BCUT2D eigenvalue weighted by Crippen LogP contribution is 2.29. The van der Waals surface area contributed by atoms with Crippen LogP contribution in [0.15, 0.2) is 40.9 Å². The first-order chi connectivity index (χ1) is 10.4. The van der Waals surface area contributed by atoms with E-state index >= 15 is 0 Å². The van der Waals surface area contributed by atoms with Crippen LogP contribution in [-0.2, 0) is 0 Å². The lowest BCUT2D eigenvalue weighted by Crippen LogP contribution is -2.16. The summed E-state index contributed by atoms with van der Waals surface area (Å²) < 4.78 is 6.46. The first-order valence-electron chi connectivity index (χ1n) is 6.59. The molecule has 0 aromatic heterocycles. The van der Waals surface area contributed by atoms with E-state index in [0.29, 0.717) is 27.0 Å². The summed E-state index contributed by atoms with van der Waals surface area (Å²) in [4.78, 5) is 12.5. The van der Waals surface area contributed by atoms with Crippen molar-refractivity contribution >= 4 is 50.7 Å². The van der Waals surface area contributed by atoms with E-state index in [-0.39, 0.29) is 12.0 Å². The fourth-order valence-electron chi connectivity index (χ4n) is 1.82. The Kier molecular flexibility index (Phi) is 5.73. The highest BCUT2D eigenvalue weighted by atomic mass is 79.9. The Labute approximate surface area is 147 Å². The molecule has 0 aliphatic rings. The maximum atomic E-state index is 12.5. The van der Waals surface area contributed by atoms with Gasteiger partial charge in [-0.15, -0.1) is 0 Å². The van der Waals surface area contributed by atoms with E-state index in [4.69, 9.17) is 27.9 Å². The van der Waals surface area contributed by atoms with Gasteiger partial charge in [-0.05, 0) is 50.2 Å². The zero-order valence-electron chi connectivity index (χ0n) is 12.0. The van der Waals surface area contributed by atoms with Gasteiger partial charge < -0.3 is 10.1 Å². The van der Waals surface area contributed by atoms with Gasteiger partial charge in [-0.3, -0.25) is 4.79 Å². The summed E-state index contributed by atoms with van der Waals surface area (Å²) in [6, 6.07) is 10.2. The summed E-state index contributed by atoms with van der Waals surface area (Å²) in [7, 11) is 0. The Morgan fingerprint density at radius 1 is 1.18 bits per heavy atom. The molecular formula is C16H14BrCl2NO2. The highest BCUT2D eigenvalue weighted by Gasteiger charge is 2.16. The third-order valence-corrected chi connectivity index (χ3v) is 3.78. The first kappa shape index (κ1) is 17.1. The zero-order chi connectivity index (χ0) is 16.3. The van der Waals surface area contributed by atoms with Crippen molar-refractivity contribution in [1.29, 1.82) is 0 Å². The van der Waals surface area contributed by atoms with Crippen LogP contribution in [0.1, 0.15) is 24.2 Å². The van der Waals surface area contributed by atoms with Gasteiger partial charge in [-0.25, -0.2) is 0 Å². The molecule has 1 amide bonds. The molecule has 2 aromatic carbocycles. The fraction of sp³-hybridized carbons (Fsp3) is 0.188. The van der Waals surface area contributed by atoms with Crippen molar-refractivity contribution in [3.63, 3.8) is 0 Å². The molecule has 0 aliphatic heterocycles. The number of anilines is 1. The van der Waals surface area contributed by atoms with Crippen LogP contribution in [0.3, 0.4) is 0 Å². The van der Waals surface area contributed by atoms with Crippen LogP contribution in [0.4, 0.5) is 5.69 Å². The number of nitrogens with one attached hydrogen (secondary N) is 1. The summed E-state index contributed by atoms with van der Waals surface area (Å²) in [5.74, 6) is 0.190. The number of carbonyl (C=O) groups excluding carboxylic acids is 1. The van der Waals surface area contributed by atoms with Gasteiger partial charge in [0.2, 0.25) is 0 Å². The fourth-order valence-corrected chi connectivity index (χ4v) is 2.52. The molecule has 6 heteroatoms. The Morgan fingerprint density at radius 2 is 1.91 bits per heavy atom. The SMILES string of the molecule is CC(C)Oc1ccc(Br)cc1C(=O)Nc1cc(Cl)ccc1Cl. The molecule has 0 heterocycles. The maximum absolute atomic E-state index is 12.5. The minimum absolute atomic E-state index is 0.0394. The zero-order valence-corrected chi connectivity index (χ0v) is 15.1. The monoisotopic (exact) mass is 401 g/mol. The van der Waals surface area contributed by atoms with Crippen LogP contribution in [0.25, 0.3) is 0 Å². The Bertz CT molecular complexity index is 705. The molecule has 1 N–H and O–H groups in total. The lowest BCUT2D eigenvalue weighted by atomic mass is 10.1. The van der Waals surface area contributed by atoms with Gasteiger partial charge in [-0.1, -0.05) is 39.1 Å². The molecule has 116 valence electrons. The van der Waals surface area contributed by atoms with Crippen LogP contribution < -0.4 is 10.1 Å². The lowest BCUT2D eigenvalue weighted by Gasteiger charge is -2.15. The smallest absolute Gasteiger partial charge is 0.259 e. The summed E-state index contributed by atoms with van der Waals surface area (Å²) in [5.41, 5.74) is 0.869. The van der Waals surface area contributed by atoms with Gasteiger partial charge in [0.25, 0.3) is 5.91 Å². The molecule has 2 rings (SSSR count). The average Bonchev–Trinajstić information content (AvgIpc) is 2.44. The van der Waals surface area contributed by atoms with Gasteiger partial charge in [0.15, 0.2) is 0 Å². The molecule has 0 saturated carbocycles. The van der Waals surface area contributed by atoms with E-state index in [1.165, 1.54) is 0 Å². The molecule has 0 bridgehead atoms. The molecule has 0 saturated heterocycles. The number of benzene rings is 2. The van der Waals surface area contributed by atoms with Gasteiger partial charge in [-0.2, -0.15) is 0 Å². The number of ether oxygens (including phenoxy) is 1. The summed E-state index contributed by atoms with van der Waals surface area (Å²) in [5, 5.41) is 3.66. The van der Waals surface area contributed by atoms with Crippen LogP contribution in [0.2, 0.25) is 10.0 Å². The highest BCUT2D eigenvalue weighted by molar-refractivity contribution is 9.10. The van der Waals surface area contributed by atoms with E-state index < -0.39 is 0 Å². The van der Waals surface area contributed by atoms with E-state index in [2.05, 4.69) is 21.2 Å². The van der Waals surface area contributed by atoms with E-state index in [1.807, 2.05) is 19.9 Å². The normalized spacial score (nSPS) is 10.6. The topological polar surface area (TPSA) is 38.3 Å². The van der Waals surface area contributed by atoms with Crippen LogP contribution in [0.5, 0.6) is 5.75 Å². The molecule has 0 aliphatic carbocycles. The van der Waals surface area contributed by atoms with Crippen molar-refractivity contribution in [3.8, 4) is 5.75 Å². The largest absolute Gasteiger partial charge is 0.490 e. The van der Waals surface area contributed by atoms with Crippen molar-refractivity contribution in [1.82, 2.24) is 0 Å². The Balaban J connectivity index is 2.32. The molecule has 22 heavy (non-hydrogen) atoms. The number of carbonyl (C=O) groups is 1. The van der Waals surface area contributed by atoms with Crippen molar-refractivity contribution in [3.05, 3.63) is 56.5 Å². The minimum atomic E-state index is -0.318. The van der Waals surface area contributed by atoms with Gasteiger partial charge in [0.05, 0.1) is 22.4 Å². The molecular weight excluding hydrogens is 389 g/mol. The molecule has 0 fully saturated rings. The minimum Gasteiger partial charge on any atom is -0.490 e. The quantitative estimate of drug-likeness (QED) is 0.702. The summed E-state index contributed by atoms with van der Waals surface area (Å²) >= 11 is 15.4. The van der Waals surface area contributed by atoms with Crippen LogP contribution in [0, 0.1) is 0 Å². The standard InChI is InChI=1S/C16H14BrCl2NO2/c1-9(2)22-15-6-3-10(17)7-12(15)16(21)20-14-8-11(18)4-5-13(14)19/h3-9H,1-2H3,(H,20,21). The molecule has 0 spiro atoms. The predicted octanol–water partition coefficient (Wildman–Crippen LogP) is 5.80. The lowest BCUT2D eigenvalue weighted by molar-refractivity contribution is 0.102. The molecule has 2 aromatic rings. The van der Waals surface area contributed by atoms with Crippen molar-refractivity contribution in [2.24, 2.45) is 0 Å². The third kappa shape index (κ3) is 4.38. The van der Waals surface area contributed by atoms with E-state index in [1.54, 1.807) is 30.3 Å². The predicted molar refractivity (Wildman–Crippen MR) is 94.3 cm³/mol. The third-order valence-electron chi connectivity index (χ3n) is 2.73. The van der Waals surface area contributed by atoms with Crippen LogP contribution in [-0.4, -0.2) is 12.0 Å².